The van der Waals surface area contributed by atoms with Gasteiger partial charge in [-0.15, -0.1) is 15.3 Å². The number of rotatable bonds is 7. The number of nitrogens with zero attached hydrogens (tertiary/aromatic N) is 9. The van der Waals surface area contributed by atoms with Crippen molar-refractivity contribution in [3.8, 4) is 11.3 Å². The summed E-state index contributed by atoms with van der Waals surface area (Å²) in [6, 6.07) is 15.8. The Kier molecular flexibility index (Phi) is 5.85. The first-order valence-corrected chi connectivity index (χ1v) is 12.1. The van der Waals surface area contributed by atoms with Crippen molar-refractivity contribution in [2.75, 3.05) is 7.11 Å². The van der Waals surface area contributed by atoms with E-state index in [2.05, 4.69) is 30.9 Å². The second-order valence-corrected chi connectivity index (χ2v) is 9.62. The van der Waals surface area contributed by atoms with Crippen LogP contribution in [0.1, 0.15) is 22.3 Å². The van der Waals surface area contributed by atoms with Gasteiger partial charge in [-0.05, 0) is 19.1 Å². The van der Waals surface area contributed by atoms with E-state index in [0.29, 0.717) is 5.69 Å². The third kappa shape index (κ3) is 4.24. The number of carbonyl (C=O) groups excluding carboxylic acids is 1. The highest BCUT2D eigenvalue weighted by Gasteiger charge is 2.27. The molecule has 0 aliphatic rings. The summed E-state index contributed by atoms with van der Waals surface area (Å²) in [4.78, 5) is 12.0. The second kappa shape index (κ2) is 9.14. The molecule has 3 heterocycles. The molecule has 0 saturated carbocycles. The lowest BCUT2D eigenvalue weighted by molar-refractivity contribution is 0.0594. The van der Waals surface area contributed by atoms with Crippen molar-refractivity contribution < 1.29 is 17.9 Å². The number of ether oxygens (including phenoxy) is 1. The number of aromatic nitrogens is 9. The summed E-state index contributed by atoms with van der Waals surface area (Å²) in [7, 11) is -2.72. The summed E-state index contributed by atoms with van der Waals surface area (Å²) >= 11 is 0. The fraction of sp³-hybridized carbons (Fsp3) is 0.136. The third-order valence-corrected chi connectivity index (χ3v) is 6.92. The molecular formula is C22H19N9O4S. The maximum absolute atomic E-state index is 13.1. The lowest BCUT2D eigenvalue weighted by Gasteiger charge is -2.16. The molecule has 0 saturated heterocycles. The van der Waals surface area contributed by atoms with Crippen LogP contribution in [0.15, 0.2) is 83.1 Å². The molecule has 1 atom stereocenters. The molecule has 0 spiro atoms. The highest BCUT2D eigenvalue weighted by Crippen LogP contribution is 2.22. The topological polar surface area (TPSA) is 153 Å². The molecule has 36 heavy (non-hydrogen) atoms. The van der Waals surface area contributed by atoms with Crippen molar-refractivity contribution in [3.63, 3.8) is 0 Å². The summed E-state index contributed by atoms with van der Waals surface area (Å²) in [5, 5.41) is 23.9. The monoisotopic (exact) mass is 505 g/mol. The van der Waals surface area contributed by atoms with Gasteiger partial charge >= 0.3 is 5.97 Å². The van der Waals surface area contributed by atoms with Crippen LogP contribution in [0.25, 0.3) is 11.3 Å². The first kappa shape index (κ1) is 23.0. The standard InChI is InChI=1S/C22H19N9O4S/c1-15-8-10-17(11-9-15)36(33,34)20-14-31(28-25-20)22(30-13-19(24-27-30)21(32)35-2)29-12-18(23-26-29)16-6-4-3-5-7-16/h3-14,22H,1-2H3. The number of aryl methyl sites for hydroxylation is 1. The molecule has 5 rings (SSSR count). The van der Waals surface area contributed by atoms with Crippen molar-refractivity contribution >= 4 is 15.8 Å². The van der Waals surface area contributed by atoms with Crippen LogP contribution in [0, 0.1) is 6.92 Å². The average molecular weight is 506 g/mol. The smallest absolute Gasteiger partial charge is 0.360 e. The molecule has 0 amide bonds. The Labute approximate surface area is 204 Å². The van der Waals surface area contributed by atoms with Crippen LogP contribution >= 0.6 is 0 Å². The second-order valence-electron chi connectivity index (χ2n) is 7.72. The van der Waals surface area contributed by atoms with Crippen LogP contribution in [0.5, 0.6) is 0 Å². The molecule has 14 heteroatoms. The van der Waals surface area contributed by atoms with Gasteiger partial charge in [-0.25, -0.2) is 27.3 Å². The first-order valence-electron chi connectivity index (χ1n) is 10.6. The molecule has 13 nitrogen and oxygen atoms in total. The quantitative estimate of drug-likeness (QED) is 0.298. The zero-order valence-electron chi connectivity index (χ0n) is 19.1. The van der Waals surface area contributed by atoms with Gasteiger partial charge in [-0.2, -0.15) is 0 Å². The Morgan fingerprint density at radius 1 is 0.833 bits per heavy atom. The molecule has 0 bridgehead atoms. The third-order valence-electron chi connectivity index (χ3n) is 5.29. The van der Waals surface area contributed by atoms with E-state index < -0.39 is 22.1 Å². The van der Waals surface area contributed by atoms with Crippen LogP contribution in [-0.2, 0) is 14.6 Å². The fourth-order valence-electron chi connectivity index (χ4n) is 3.42. The highest BCUT2D eigenvalue weighted by molar-refractivity contribution is 7.91. The van der Waals surface area contributed by atoms with E-state index in [0.717, 1.165) is 11.1 Å². The van der Waals surface area contributed by atoms with Crippen molar-refractivity contribution in [1.29, 1.82) is 0 Å². The van der Waals surface area contributed by atoms with Crippen LogP contribution in [0.2, 0.25) is 0 Å². The maximum atomic E-state index is 13.1. The number of hydrogen-bond donors (Lipinski definition) is 0. The van der Waals surface area contributed by atoms with E-state index in [1.807, 2.05) is 37.3 Å². The van der Waals surface area contributed by atoms with Crippen LogP contribution in [0.3, 0.4) is 0 Å². The largest absolute Gasteiger partial charge is 0.464 e. The van der Waals surface area contributed by atoms with E-state index >= 15 is 0 Å². The molecule has 0 aliphatic heterocycles. The van der Waals surface area contributed by atoms with E-state index in [1.165, 1.54) is 45.7 Å². The first-order chi connectivity index (χ1) is 17.4. The number of hydrogen-bond acceptors (Lipinski definition) is 10. The Morgan fingerprint density at radius 3 is 2.19 bits per heavy atom. The number of carbonyl (C=O) groups is 1. The minimum Gasteiger partial charge on any atom is -0.464 e. The van der Waals surface area contributed by atoms with Gasteiger partial charge in [0.05, 0.1) is 30.6 Å². The van der Waals surface area contributed by atoms with E-state index in [-0.39, 0.29) is 15.6 Å². The minimum atomic E-state index is -3.94. The van der Waals surface area contributed by atoms with Gasteiger partial charge in [-0.1, -0.05) is 63.7 Å². The summed E-state index contributed by atoms with van der Waals surface area (Å²) in [6.45, 7) is 1.86. The van der Waals surface area contributed by atoms with Crippen LogP contribution < -0.4 is 0 Å². The van der Waals surface area contributed by atoms with Gasteiger partial charge in [-0.3, -0.25) is 0 Å². The summed E-state index contributed by atoms with van der Waals surface area (Å²) < 4.78 is 34.9. The SMILES string of the molecule is COC(=O)c1cn(C(n2cc(-c3ccccc3)nn2)n2cc(S(=O)(=O)c3ccc(C)cc3)nn2)nn1. The molecular weight excluding hydrogens is 486 g/mol. The van der Waals surface area contributed by atoms with E-state index in [1.54, 1.807) is 18.3 Å². The predicted molar refractivity (Wildman–Crippen MR) is 123 cm³/mol. The van der Waals surface area contributed by atoms with Crippen molar-refractivity contribution in [2.45, 2.75) is 23.1 Å². The van der Waals surface area contributed by atoms with Gasteiger partial charge in [0.25, 0.3) is 0 Å². The van der Waals surface area contributed by atoms with Gasteiger partial charge in [0.1, 0.15) is 5.69 Å². The lowest BCUT2D eigenvalue weighted by Crippen LogP contribution is -2.27. The van der Waals surface area contributed by atoms with Gasteiger partial charge in [0, 0.05) is 5.56 Å². The van der Waals surface area contributed by atoms with Gasteiger partial charge in [0.2, 0.25) is 21.2 Å². The number of methoxy groups -OCH3 is 1. The molecule has 5 aromatic rings. The number of esters is 1. The molecule has 0 N–H and O–H groups in total. The zero-order chi connectivity index (χ0) is 25.3. The van der Waals surface area contributed by atoms with E-state index in [4.69, 9.17) is 4.74 Å². The molecule has 3 aromatic heterocycles. The Bertz CT molecular complexity index is 1620. The van der Waals surface area contributed by atoms with E-state index in [9.17, 15) is 13.2 Å². The predicted octanol–water partition coefficient (Wildman–Crippen LogP) is 1.61. The minimum absolute atomic E-state index is 0.0569. The molecule has 2 aromatic carbocycles. The average Bonchev–Trinajstić information content (AvgIpc) is 3.67. The van der Waals surface area contributed by atoms with Crippen LogP contribution in [0.4, 0.5) is 0 Å². The Balaban J connectivity index is 1.58. The molecule has 0 fully saturated rings. The van der Waals surface area contributed by atoms with Gasteiger partial charge < -0.3 is 4.74 Å². The van der Waals surface area contributed by atoms with Crippen LogP contribution in [-0.4, -0.2) is 66.5 Å². The zero-order valence-corrected chi connectivity index (χ0v) is 19.9. The van der Waals surface area contributed by atoms with Gasteiger partial charge in [0.15, 0.2) is 5.69 Å². The maximum Gasteiger partial charge on any atom is 0.360 e. The normalized spacial score (nSPS) is 12.4. The molecule has 1 unspecified atom stereocenters. The fourth-order valence-corrected chi connectivity index (χ4v) is 4.54. The highest BCUT2D eigenvalue weighted by atomic mass is 32.2. The molecule has 182 valence electrons. The molecule has 0 aliphatic carbocycles. The lowest BCUT2D eigenvalue weighted by atomic mass is 10.2. The Morgan fingerprint density at radius 2 is 1.47 bits per heavy atom. The van der Waals surface area contributed by atoms with Crippen molar-refractivity contribution in [2.24, 2.45) is 0 Å². The number of benzene rings is 2. The summed E-state index contributed by atoms with van der Waals surface area (Å²) in [5.41, 5.74) is 2.24. The van der Waals surface area contributed by atoms with Crippen molar-refractivity contribution in [1.82, 2.24) is 45.0 Å². The summed E-state index contributed by atoms with van der Waals surface area (Å²) in [5.74, 6) is -0.690. The molecule has 0 radical (unpaired) electrons. The summed E-state index contributed by atoms with van der Waals surface area (Å²) in [6.07, 6.45) is 3.20. The Hall–Kier alpha value is -4.72. The van der Waals surface area contributed by atoms with Crippen molar-refractivity contribution in [3.05, 3.63) is 84.4 Å². The number of sulfone groups is 1.